The van der Waals surface area contributed by atoms with Crippen molar-refractivity contribution in [3.8, 4) is 0 Å². The first-order valence-corrected chi connectivity index (χ1v) is 8.47. The Morgan fingerprint density at radius 2 is 1.67 bits per heavy atom. The van der Waals surface area contributed by atoms with Crippen molar-refractivity contribution in [2.75, 3.05) is 26.4 Å². The van der Waals surface area contributed by atoms with Crippen molar-refractivity contribution in [3.05, 3.63) is 24.3 Å². The lowest BCUT2D eigenvalue weighted by molar-refractivity contribution is -0.162. The summed E-state index contributed by atoms with van der Waals surface area (Å²) in [7, 11) is 0. The number of ether oxygens (including phenoxy) is 4. The zero-order valence-corrected chi connectivity index (χ0v) is 14.1. The van der Waals surface area contributed by atoms with Crippen LogP contribution in [0.3, 0.4) is 0 Å². The van der Waals surface area contributed by atoms with E-state index in [1.54, 1.807) is 6.08 Å². The summed E-state index contributed by atoms with van der Waals surface area (Å²) in [6.45, 7) is 5.67. The van der Waals surface area contributed by atoms with Crippen LogP contribution in [0, 0.1) is 23.7 Å². The fourth-order valence-electron chi connectivity index (χ4n) is 3.03. The van der Waals surface area contributed by atoms with E-state index in [4.69, 9.17) is 18.9 Å². The SMILES string of the molecule is C/C=C/C1C(C)C=CC(C(=O)OCC2CO2)C1C(=O)OCC1CO1. The van der Waals surface area contributed by atoms with Gasteiger partial charge in [-0.2, -0.15) is 0 Å². The van der Waals surface area contributed by atoms with E-state index in [-0.39, 0.29) is 43.2 Å². The molecule has 0 saturated carbocycles. The van der Waals surface area contributed by atoms with Gasteiger partial charge >= 0.3 is 11.9 Å². The van der Waals surface area contributed by atoms with E-state index in [1.165, 1.54) is 0 Å². The Bertz CT molecular complexity index is 532. The monoisotopic (exact) mass is 336 g/mol. The van der Waals surface area contributed by atoms with Gasteiger partial charge < -0.3 is 18.9 Å². The highest BCUT2D eigenvalue weighted by atomic mass is 16.6. The predicted molar refractivity (Wildman–Crippen MR) is 85.0 cm³/mol. The van der Waals surface area contributed by atoms with E-state index in [9.17, 15) is 9.59 Å². The minimum atomic E-state index is -0.631. The van der Waals surface area contributed by atoms with Gasteiger partial charge in [0.25, 0.3) is 0 Å². The van der Waals surface area contributed by atoms with Crippen molar-refractivity contribution in [2.45, 2.75) is 26.1 Å². The van der Waals surface area contributed by atoms with Crippen LogP contribution in [0.4, 0.5) is 0 Å². The summed E-state index contributed by atoms with van der Waals surface area (Å²) < 4.78 is 20.8. The maximum absolute atomic E-state index is 12.6. The Morgan fingerprint density at radius 3 is 2.21 bits per heavy atom. The average molecular weight is 336 g/mol. The van der Waals surface area contributed by atoms with Crippen LogP contribution in [0.1, 0.15) is 13.8 Å². The smallest absolute Gasteiger partial charge is 0.313 e. The highest BCUT2D eigenvalue weighted by Gasteiger charge is 2.44. The quantitative estimate of drug-likeness (QED) is 0.398. The lowest BCUT2D eigenvalue weighted by atomic mass is 9.71. The summed E-state index contributed by atoms with van der Waals surface area (Å²) in [6, 6.07) is 0. The zero-order valence-electron chi connectivity index (χ0n) is 14.1. The lowest BCUT2D eigenvalue weighted by Crippen LogP contribution is -2.41. The highest BCUT2D eigenvalue weighted by molar-refractivity contribution is 5.84. The van der Waals surface area contributed by atoms with Gasteiger partial charge in [0.1, 0.15) is 25.4 Å². The van der Waals surface area contributed by atoms with Gasteiger partial charge in [-0.3, -0.25) is 9.59 Å². The third kappa shape index (κ3) is 4.24. The van der Waals surface area contributed by atoms with E-state index < -0.39 is 17.8 Å². The van der Waals surface area contributed by atoms with E-state index in [0.29, 0.717) is 13.2 Å². The molecule has 2 aliphatic heterocycles. The molecule has 6 unspecified atom stereocenters. The summed E-state index contributed by atoms with van der Waals surface area (Å²) in [4.78, 5) is 25.1. The van der Waals surface area contributed by atoms with Crippen molar-refractivity contribution >= 4 is 11.9 Å². The topological polar surface area (TPSA) is 77.7 Å². The molecule has 2 saturated heterocycles. The molecule has 6 heteroatoms. The fourth-order valence-corrected chi connectivity index (χ4v) is 3.03. The van der Waals surface area contributed by atoms with Gasteiger partial charge in [-0.15, -0.1) is 0 Å². The minimum Gasteiger partial charge on any atom is -0.463 e. The first kappa shape index (κ1) is 17.2. The number of carbonyl (C=O) groups is 2. The molecule has 24 heavy (non-hydrogen) atoms. The molecular weight excluding hydrogens is 312 g/mol. The van der Waals surface area contributed by atoms with Crippen molar-refractivity contribution in [2.24, 2.45) is 23.7 Å². The Balaban J connectivity index is 1.72. The molecule has 0 radical (unpaired) electrons. The van der Waals surface area contributed by atoms with Gasteiger partial charge in [0.05, 0.1) is 25.0 Å². The molecule has 0 bridgehead atoms. The summed E-state index contributed by atoms with van der Waals surface area (Å²) >= 11 is 0. The Kier molecular flexibility index (Phi) is 5.36. The molecule has 0 spiro atoms. The molecule has 0 N–H and O–H groups in total. The van der Waals surface area contributed by atoms with E-state index in [2.05, 4.69) is 0 Å². The largest absolute Gasteiger partial charge is 0.463 e. The summed E-state index contributed by atoms with van der Waals surface area (Å²) in [5.41, 5.74) is 0. The summed E-state index contributed by atoms with van der Waals surface area (Å²) in [5.74, 6) is -1.92. The number of allylic oxidation sites excluding steroid dienone is 3. The third-order valence-corrected chi connectivity index (χ3v) is 4.62. The van der Waals surface area contributed by atoms with Gasteiger partial charge in [-0.1, -0.05) is 31.2 Å². The van der Waals surface area contributed by atoms with Gasteiger partial charge in [0.15, 0.2) is 0 Å². The average Bonchev–Trinajstić information content (AvgIpc) is 3.46. The second-order valence-electron chi connectivity index (χ2n) is 6.57. The molecule has 132 valence electrons. The standard InChI is InChI=1S/C18H24O6/c1-3-4-14-11(2)5-6-15(17(19)23-9-12-7-21-12)16(14)18(20)24-10-13-8-22-13/h3-6,11-16H,7-10H2,1-2H3/b4-3+. The fraction of sp³-hybridized carbons (Fsp3) is 0.667. The molecule has 2 fully saturated rings. The van der Waals surface area contributed by atoms with Crippen LogP contribution in [0.15, 0.2) is 24.3 Å². The number of hydrogen-bond acceptors (Lipinski definition) is 6. The molecule has 2 heterocycles. The molecule has 0 amide bonds. The lowest BCUT2D eigenvalue weighted by Gasteiger charge is -2.34. The molecule has 0 aromatic heterocycles. The second kappa shape index (κ2) is 7.49. The number of esters is 2. The van der Waals surface area contributed by atoms with Gasteiger partial charge in [-0.25, -0.2) is 0 Å². The number of epoxide rings is 2. The van der Waals surface area contributed by atoms with Crippen molar-refractivity contribution in [3.63, 3.8) is 0 Å². The van der Waals surface area contributed by atoms with Crippen LogP contribution in [-0.2, 0) is 28.5 Å². The molecule has 1 aliphatic carbocycles. The predicted octanol–water partition coefficient (Wildman–Crippen LogP) is 1.50. The van der Waals surface area contributed by atoms with Crippen LogP contribution in [0.5, 0.6) is 0 Å². The number of rotatable bonds is 7. The first-order valence-electron chi connectivity index (χ1n) is 8.47. The first-order chi connectivity index (χ1) is 11.6. The molecule has 6 atom stereocenters. The van der Waals surface area contributed by atoms with Gasteiger partial charge in [0.2, 0.25) is 0 Å². The molecular formula is C18H24O6. The third-order valence-electron chi connectivity index (χ3n) is 4.62. The van der Waals surface area contributed by atoms with Crippen LogP contribution in [0.25, 0.3) is 0 Å². The Hall–Kier alpha value is -1.66. The number of hydrogen-bond donors (Lipinski definition) is 0. The number of carbonyl (C=O) groups excluding carboxylic acids is 2. The summed E-state index contributed by atoms with van der Waals surface area (Å²) in [6.07, 6.45) is 7.63. The van der Waals surface area contributed by atoms with Crippen LogP contribution >= 0.6 is 0 Å². The van der Waals surface area contributed by atoms with E-state index >= 15 is 0 Å². The summed E-state index contributed by atoms with van der Waals surface area (Å²) in [5, 5.41) is 0. The molecule has 6 nitrogen and oxygen atoms in total. The zero-order chi connectivity index (χ0) is 17.1. The van der Waals surface area contributed by atoms with Crippen LogP contribution in [0.2, 0.25) is 0 Å². The minimum absolute atomic E-state index is 0.00286. The molecule has 3 rings (SSSR count). The Labute approximate surface area is 141 Å². The van der Waals surface area contributed by atoms with Crippen LogP contribution < -0.4 is 0 Å². The van der Waals surface area contributed by atoms with Crippen molar-refractivity contribution in [1.29, 1.82) is 0 Å². The van der Waals surface area contributed by atoms with Crippen molar-refractivity contribution < 1.29 is 28.5 Å². The Morgan fingerprint density at radius 1 is 1.08 bits per heavy atom. The molecule has 0 aromatic rings. The second-order valence-corrected chi connectivity index (χ2v) is 6.57. The van der Waals surface area contributed by atoms with Gasteiger partial charge in [-0.05, 0) is 18.8 Å². The maximum Gasteiger partial charge on any atom is 0.313 e. The van der Waals surface area contributed by atoms with E-state index in [0.717, 1.165) is 0 Å². The normalized spacial score (nSPS) is 37.2. The molecule has 0 aromatic carbocycles. The van der Waals surface area contributed by atoms with E-state index in [1.807, 2.05) is 32.1 Å². The molecule has 3 aliphatic rings. The van der Waals surface area contributed by atoms with Crippen LogP contribution in [-0.4, -0.2) is 50.6 Å². The maximum atomic E-state index is 12.6. The van der Waals surface area contributed by atoms with Gasteiger partial charge in [0, 0.05) is 0 Å². The van der Waals surface area contributed by atoms with Crippen molar-refractivity contribution in [1.82, 2.24) is 0 Å². The highest BCUT2D eigenvalue weighted by Crippen LogP contribution is 2.37.